The van der Waals surface area contributed by atoms with Crippen molar-refractivity contribution in [1.29, 1.82) is 0 Å². The second kappa shape index (κ2) is 8.62. The molecule has 0 aromatic heterocycles. The van der Waals surface area contributed by atoms with E-state index in [1.807, 2.05) is 24.3 Å². The molecule has 1 aliphatic rings. The molecule has 1 amide bonds. The van der Waals surface area contributed by atoms with Crippen molar-refractivity contribution in [1.82, 2.24) is 10.6 Å². The zero-order chi connectivity index (χ0) is 16.1. The monoisotopic (exact) mass is 346 g/mol. The van der Waals surface area contributed by atoms with Gasteiger partial charge in [0.15, 0.2) is 0 Å². The first-order valence-corrected chi connectivity index (χ1v) is 7.79. The highest BCUT2D eigenvalue weighted by molar-refractivity contribution is 5.99. The van der Waals surface area contributed by atoms with Crippen LogP contribution in [0.3, 0.4) is 0 Å². The standard InChI is InChI=1S/C19H19FN2O.ClH/c20-17-8-4-7-16(13-17)18(14-9-11-21-12-10-14)22-19(23)15-5-2-1-3-6-15;/h1-8,13,21H,9-12H2,(H,22,23);1H. The molecule has 0 radical (unpaired) electrons. The van der Waals surface area contributed by atoms with Crippen LogP contribution in [0.1, 0.15) is 28.8 Å². The molecule has 0 aliphatic carbocycles. The maximum Gasteiger partial charge on any atom is 0.255 e. The minimum Gasteiger partial charge on any atom is -0.321 e. The minimum atomic E-state index is -0.302. The van der Waals surface area contributed by atoms with Crippen molar-refractivity contribution >= 4 is 24.0 Å². The Hall–Kier alpha value is -2.17. The van der Waals surface area contributed by atoms with Crippen molar-refractivity contribution in [2.24, 2.45) is 0 Å². The van der Waals surface area contributed by atoms with Gasteiger partial charge in [0, 0.05) is 16.8 Å². The van der Waals surface area contributed by atoms with Gasteiger partial charge in [-0.15, -0.1) is 12.4 Å². The molecule has 3 rings (SSSR count). The third-order valence-electron chi connectivity index (χ3n) is 3.95. The van der Waals surface area contributed by atoms with Crippen molar-refractivity contribution in [3.63, 3.8) is 0 Å². The molecule has 0 spiro atoms. The van der Waals surface area contributed by atoms with Gasteiger partial charge >= 0.3 is 0 Å². The summed E-state index contributed by atoms with van der Waals surface area (Å²) in [7, 11) is 0. The molecular formula is C19H20ClFN2O. The maximum atomic E-state index is 13.6. The number of benzene rings is 2. The average molecular weight is 347 g/mol. The summed E-state index contributed by atoms with van der Waals surface area (Å²) in [5.41, 5.74) is 3.20. The van der Waals surface area contributed by atoms with Crippen molar-refractivity contribution in [3.05, 3.63) is 77.1 Å². The largest absolute Gasteiger partial charge is 0.321 e. The van der Waals surface area contributed by atoms with Crippen LogP contribution in [0.5, 0.6) is 0 Å². The number of rotatable bonds is 3. The number of carbonyl (C=O) groups excluding carboxylic acids is 1. The van der Waals surface area contributed by atoms with Crippen LogP contribution in [0.2, 0.25) is 0 Å². The highest BCUT2D eigenvalue weighted by Crippen LogP contribution is 2.23. The van der Waals surface area contributed by atoms with Crippen LogP contribution >= 0.6 is 12.4 Å². The lowest BCUT2D eigenvalue weighted by atomic mass is 9.98. The van der Waals surface area contributed by atoms with Gasteiger partial charge in [-0.25, -0.2) is 4.39 Å². The number of halogens is 2. The summed E-state index contributed by atoms with van der Waals surface area (Å²) < 4.78 is 13.6. The van der Waals surface area contributed by atoms with Crippen LogP contribution in [0.15, 0.2) is 60.2 Å². The molecule has 1 fully saturated rings. The third kappa shape index (κ3) is 4.43. The van der Waals surface area contributed by atoms with Crippen molar-refractivity contribution in [2.75, 3.05) is 13.1 Å². The lowest BCUT2D eigenvalue weighted by Gasteiger charge is -2.21. The molecule has 24 heavy (non-hydrogen) atoms. The zero-order valence-corrected chi connectivity index (χ0v) is 14.0. The Morgan fingerprint density at radius 3 is 2.29 bits per heavy atom. The van der Waals surface area contributed by atoms with Gasteiger partial charge in [0.05, 0.1) is 0 Å². The molecule has 0 bridgehead atoms. The van der Waals surface area contributed by atoms with Crippen molar-refractivity contribution in [3.8, 4) is 0 Å². The number of carbonyl (C=O) groups is 1. The summed E-state index contributed by atoms with van der Waals surface area (Å²) in [6, 6.07) is 15.4. The summed E-state index contributed by atoms with van der Waals surface area (Å²) in [6.07, 6.45) is 1.70. The van der Waals surface area contributed by atoms with Crippen LogP contribution in [0.4, 0.5) is 4.39 Å². The molecule has 2 N–H and O–H groups in total. The van der Waals surface area contributed by atoms with E-state index >= 15 is 0 Å². The zero-order valence-electron chi connectivity index (χ0n) is 13.2. The van der Waals surface area contributed by atoms with Gasteiger partial charge in [0.2, 0.25) is 0 Å². The van der Waals surface area contributed by atoms with Crippen molar-refractivity contribution in [2.45, 2.75) is 12.8 Å². The Kier molecular flexibility index (Phi) is 6.53. The van der Waals surface area contributed by atoms with Crippen LogP contribution in [-0.4, -0.2) is 19.0 Å². The first-order valence-electron chi connectivity index (χ1n) is 7.79. The Morgan fingerprint density at radius 1 is 0.958 bits per heavy atom. The summed E-state index contributed by atoms with van der Waals surface area (Å²) in [5, 5.41) is 6.29. The number of piperidine rings is 1. The second-order valence-corrected chi connectivity index (χ2v) is 5.56. The number of hydrogen-bond acceptors (Lipinski definition) is 2. The molecule has 2 aromatic rings. The quantitative estimate of drug-likeness (QED) is 0.888. The number of nitrogens with one attached hydrogen (secondary N) is 2. The highest BCUT2D eigenvalue weighted by atomic mass is 35.5. The van der Waals surface area contributed by atoms with Gasteiger partial charge in [-0.05, 0) is 55.8 Å². The van der Waals surface area contributed by atoms with Gasteiger partial charge in [-0.2, -0.15) is 0 Å². The van der Waals surface area contributed by atoms with Crippen LogP contribution in [-0.2, 0) is 0 Å². The SMILES string of the molecule is Cl.O=C(NC(=C1CCNCC1)c1cccc(F)c1)c1ccccc1. The smallest absolute Gasteiger partial charge is 0.255 e. The Bertz CT molecular complexity index is 723. The average Bonchev–Trinajstić information content (AvgIpc) is 2.61. The van der Waals surface area contributed by atoms with Gasteiger partial charge < -0.3 is 10.6 Å². The van der Waals surface area contributed by atoms with E-state index in [1.165, 1.54) is 12.1 Å². The highest BCUT2D eigenvalue weighted by Gasteiger charge is 2.16. The van der Waals surface area contributed by atoms with Crippen LogP contribution in [0, 0.1) is 5.82 Å². The minimum absolute atomic E-state index is 0. The maximum absolute atomic E-state index is 13.6. The Morgan fingerprint density at radius 2 is 1.62 bits per heavy atom. The summed E-state index contributed by atoms with van der Waals surface area (Å²) in [6.45, 7) is 1.74. The van der Waals surface area contributed by atoms with Crippen LogP contribution in [0.25, 0.3) is 5.70 Å². The van der Waals surface area contributed by atoms with E-state index in [0.717, 1.165) is 37.2 Å². The van der Waals surface area contributed by atoms with E-state index in [9.17, 15) is 9.18 Å². The van der Waals surface area contributed by atoms with Gasteiger partial charge in [-0.1, -0.05) is 30.3 Å². The van der Waals surface area contributed by atoms with E-state index in [2.05, 4.69) is 10.6 Å². The topological polar surface area (TPSA) is 41.1 Å². The second-order valence-electron chi connectivity index (χ2n) is 5.56. The molecule has 2 aromatic carbocycles. The van der Waals surface area contributed by atoms with E-state index in [1.54, 1.807) is 18.2 Å². The van der Waals surface area contributed by atoms with E-state index in [4.69, 9.17) is 0 Å². The first-order chi connectivity index (χ1) is 11.2. The van der Waals surface area contributed by atoms with E-state index in [-0.39, 0.29) is 24.1 Å². The molecular weight excluding hydrogens is 327 g/mol. The Labute approximate surface area is 147 Å². The fourth-order valence-electron chi connectivity index (χ4n) is 2.76. The van der Waals surface area contributed by atoms with Crippen LogP contribution < -0.4 is 10.6 Å². The molecule has 0 atom stereocenters. The third-order valence-corrected chi connectivity index (χ3v) is 3.95. The first kappa shape index (κ1) is 18.2. The van der Waals surface area contributed by atoms with Gasteiger partial charge in [0.25, 0.3) is 5.91 Å². The van der Waals surface area contributed by atoms with Crippen molar-refractivity contribution < 1.29 is 9.18 Å². The molecule has 5 heteroatoms. The predicted molar refractivity (Wildman–Crippen MR) is 96.6 cm³/mol. The number of amides is 1. The Balaban J connectivity index is 0.00000208. The fraction of sp³-hybridized carbons (Fsp3) is 0.211. The molecule has 0 unspecified atom stereocenters. The molecule has 126 valence electrons. The number of hydrogen-bond donors (Lipinski definition) is 2. The molecule has 1 saturated heterocycles. The lowest BCUT2D eigenvalue weighted by Crippen LogP contribution is -2.28. The normalized spacial score (nSPS) is 13.8. The van der Waals surface area contributed by atoms with Gasteiger partial charge in [-0.3, -0.25) is 4.79 Å². The van der Waals surface area contributed by atoms with Gasteiger partial charge in [0.1, 0.15) is 5.82 Å². The van der Waals surface area contributed by atoms with E-state index < -0.39 is 0 Å². The summed E-state index contributed by atoms with van der Waals surface area (Å²) >= 11 is 0. The predicted octanol–water partition coefficient (Wildman–Crippen LogP) is 3.77. The summed E-state index contributed by atoms with van der Waals surface area (Å²) in [4.78, 5) is 12.5. The summed E-state index contributed by atoms with van der Waals surface area (Å²) in [5.74, 6) is -0.473. The molecule has 1 heterocycles. The molecule has 3 nitrogen and oxygen atoms in total. The molecule has 0 saturated carbocycles. The fourth-order valence-corrected chi connectivity index (χ4v) is 2.76. The molecule has 1 aliphatic heterocycles. The van der Waals surface area contributed by atoms with E-state index in [0.29, 0.717) is 11.1 Å². The lowest BCUT2D eigenvalue weighted by molar-refractivity contribution is 0.0973.